The Morgan fingerprint density at radius 3 is 2.07 bits per heavy atom. The fourth-order valence-corrected chi connectivity index (χ4v) is 0.705. The number of carbonyl (C=O) groups excluding carboxylic acids is 2. The first-order chi connectivity index (χ1) is 6.67. The predicted molar refractivity (Wildman–Crippen MR) is 57.0 cm³/mol. The molecule has 0 fully saturated rings. The van der Waals surface area contributed by atoms with Crippen molar-refractivity contribution in [1.29, 1.82) is 0 Å². The van der Waals surface area contributed by atoms with E-state index < -0.39 is 16.9 Å². The third-order valence-corrected chi connectivity index (χ3v) is 2.14. The number of hydrogen-bond acceptors (Lipinski definition) is 3. The maximum Gasteiger partial charge on any atom is 0.310 e. The highest BCUT2D eigenvalue weighted by Crippen LogP contribution is 2.18. The van der Waals surface area contributed by atoms with Crippen LogP contribution < -0.4 is 5.32 Å². The van der Waals surface area contributed by atoms with E-state index in [1.807, 2.05) is 0 Å². The van der Waals surface area contributed by atoms with Gasteiger partial charge in [-0.25, -0.2) is 0 Å². The summed E-state index contributed by atoms with van der Waals surface area (Å²) in [6.07, 6.45) is 1.47. The van der Waals surface area contributed by atoms with Crippen molar-refractivity contribution >= 4 is 11.8 Å². The second kappa shape index (κ2) is 4.33. The van der Waals surface area contributed by atoms with Gasteiger partial charge in [0.25, 0.3) is 0 Å². The van der Waals surface area contributed by atoms with Crippen molar-refractivity contribution in [3.63, 3.8) is 0 Å². The first-order valence-corrected chi connectivity index (χ1v) is 4.51. The molecule has 0 aromatic rings. The topological polar surface area (TPSA) is 75.6 Å². The molecule has 0 radical (unpaired) electrons. The van der Waals surface area contributed by atoms with E-state index in [0.29, 0.717) is 0 Å². The van der Waals surface area contributed by atoms with Crippen LogP contribution >= 0.6 is 0 Å². The molecule has 0 heterocycles. The lowest BCUT2D eigenvalue weighted by atomic mass is 9.91. The van der Waals surface area contributed by atoms with Crippen molar-refractivity contribution < 1.29 is 9.59 Å². The largest absolute Gasteiger partial charge is 0.341 e. The third kappa shape index (κ3) is 3.27. The molecule has 0 spiro atoms. The molecule has 0 aliphatic heterocycles. The number of nitrogens with zero attached hydrogens (tertiary/aromatic N) is 1. The summed E-state index contributed by atoms with van der Waals surface area (Å²) in [4.78, 5) is 32.8. The highest BCUT2D eigenvalue weighted by molar-refractivity contribution is 5.93. The molecule has 0 aliphatic carbocycles. The molecule has 84 valence electrons. The van der Waals surface area contributed by atoms with Gasteiger partial charge in [0.05, 0.1) is 5.41 Å². The summed E-state index contributed by atoms with van der Waals surface area (Å²) in [5, 5.41) is 4.74. The first-order valence-electron chi connectivity index (χ1n) is 4.51. The summed E-state index contributed by atoms with van der Waals surface area (Å²) in [7, 11) is 0. The van der Waals surface area contributed by atoms with Crippen LogP contribution in [0.25, 0.3) is 0 Å². The zero-order valence-corrected chi connectivity index (χ0v) is 9.46. The lowest BCUT2D eigenvalue weighted by Crippen LogP contribution is -2.52. The number of nitrogens with one attached hydrogen (secondary N) is 1. The van der Waals surface area contributed by atoms with Crippen LogP contribution in [-0.2, 0) is 9.59 Å². The van der Waals surface area contributed by atoms with Crippen molar-refractivity contribution in [2.24, 2.45) is 10.6 Å². The van der Waals surface area contributed by atoms with Crippen LogP contribution in [0.3, 0.4) is 0 Å². The Morgan fingerprint density at radius 1 is 1.27 bits per heavy atom. The zero-order chi connectivity index (χ0) is 12.3. The Bertz CT molecular complexity index is 306. The van der Waals surface area contributed by atoms with Gasteiger partial charge in [-0.15, -0.1) is 11.5 Å². The van der Waals surface area contributed by atoms with E-state index in [1.54, 1.807) is 13.8 Å². The number of nitroso groups, excluding NO2 is 1. The smallest absolute Gasteiger partial charge is 0.310 e. The Kier molecular flexibility index (Phi) is 3.90. The van der Waals surface area contributed by atoms with Gasteiger partial charge >= 0.3 is 5.91 Å². The van der Waals surface area contributed by atoms with Crippen LogP contribution in [0.15, 0.2) is 17.8 Å². The Balaban J connectivity index is 4.75. The molecular weight excluding hydrogens is 196 g/mol. The number of hydrogen-bond donors (Lipinski definition) is 1. The summed E-state index contributed by atoms with van der Waals surface area (Å²) in [5.41, 5.74) is -2.07. The van der Waals surface area contributed by atoms with Crippen molar-refractivity contribution in [3.8, 4) is 0 Å². The Morgan fingerprint density at radius 2 is 1.73 bits per heavy atom. The molecule has 0 saturated carbocycles. The average molecular weight is 212 g/mol. The molecule has 2 amide bonds. The molecule has 0 atom stereocenters. The quantitative estimate of drug-likeness (QED) is 0.565. The normalized spacial score (nSPS) is 11.7. The van der Waals surface area contributed by atoms with Crippen molar-refractivity contribution in [3.05, 3.63) is 17.6 Å². The summed E-state index contributed by atoms with van der Waals surface area (Å²) in [6, 6.07) is 0. The molecule has 5 nitrogen and oxygen atoms in total. The van der Waals surface area contributed by atoms with Crippen molar-refractivity contribution in [2.45, 2.75) is 33.2 Å². The van der Waals surface area contributed by atoms with Crippen LogP contribution in [0.2, 0.25) is 0 Å². The van der Waals surface area contributed by atoms with Gasteiger partial charge in [0, 0.05) is 5.18 Å². The fraction of sp³-hybridized carbons (Fsp3) is 0.600. The molecule has 5 heteroatoms. The van der Waals surface area contributed by atoms with Gasteiger partial charge < -0.3 is 5.32 Å². The van der Waals surface area contributed by atoms with Gasteiger partial charge in [-0.2, -0.15) is 0 Å². The fourth-order valence-electron chi connectivity index (χ4n) is 0.705. The van der Waals surface area contributed by atoms with E-state index in [4.69, 9.17) is 0 Å². The summed E-state index contributed by atoms with van der Waals surface area (Å²) in [6.45, 7) is 9.68. The first kappa shape index (κ1) is 13.5. The highest BCUT2D eigenvalue weighted by Gasteiger charge is 2.34. The monoisotopic (exact) mass is 212 g/mol. The molecular formula is C10H16N2O3. The molecule has 0 saturated heterocycles. The average Bonchev–Trinajstić information content (AvgIpc) is 2.15. The minimum atomic E-state index is -1.28. The van der Waals surface area contributed by atoms with Gasteiger partial charge in [-0.05, 0) is 27.7 Å². The Hall–Kier alpha value is -1.52. The number of rotatable bonds is 4. The molecule has 0 aliphatic rings. The Labute approximate surface area is 88.9 Å². The summed E-state index contributed by atoms with van der Waals surface area (Å²) >= 11 is 0. The zero-order valence-electron chi connectivity index (χ0n) is 9.46. The number of amides is 2. The van der Waals surface area contributed by atoms with E-state index >= 15 is 0 Å². The van der Waals surface area contributed by atoms with Gasteiger partial charge in [0.15, 0.2) is 0 Å². The van der Waals surface area contributed by atoms with E-state index in [-0.39, 0.29) is 5.91 Å². The van der Waals surface area contributed by atoms with Crippen LogP contribution in [0, 0.1) is 10.3 Å². The van der Waals surface area contributed by atoms with Gasteiger partial charge in [-0.3, -0.25) is 9.59 Å². The van der Waals surface area contributed by atoms with E-state index in [2.05, 4.69) is 17.1 Å². The molecule has 0 aromatic heterocycles. The molecule has 0 bridgehead atoms. The van der Waals surface area contributed by atoms with Crippen LogP contribution in [0.1, 0.15) is 27.7 Å². The lowest BCUT2D eigenvalue weighted by Gasteiger charge is -2.27. The maximum atomic E-state index is 11.7. The molecule has 15 heavy (non-hydrogen) atoms. The van der Waals surface area contributed by atoms with E-state index in [9.17, 15) is 14.5 Å². The molecule has 0 aromatic carbocycles. The molecule has 0 unspecified atom stereocenters. The minimum Gasteiger partial charge on any atom is -0.341 e. The van der Waals surface area contributed by atoms with Gasteiger partial charge in [-0.1, -0.05) is 6.08 Å². The lowest BCUT2D eigenvalue weighted by molar-refractivity contribution is -0.134. The van der Waals surface area contributed by atoms with Gasteiger partial charge in [0.1, 0.15) is 5.54 Å². The third-order valence-electron chi connectivity index (χ3n) is 2.14. The van der Waals surface area contributed by atoms with Crippen molar-refractivity contribution in [2.75, 3.05) is 0 Å². The summed E-state index contributed by atoms with van der Waals surface area (Å²) < 4.78 is 0. The summed E-state index contributed by atoms with van der Waals surface area (Å²) in [5.74, 6) is -1.28. The highest BCUT2D eigenvalue weighted by atomic mass is 16.3. The van der Waals surface area contributed by atoms with E-state index in [1.165, 1.54) is 19.9 Å². The van der Waals surface area contributed by atoms with Crippen LogP contribution in [-0.4, -0.2) is 17.4 Å². The number of carbonyl (C=O) groups is 2. The van der Waals surface area contributed by atoms with Crippen LogP contribution in [0.4, 0.5) is 0 Å². The van der Waals surface area contributed by atoms with Gasteiger partial charge in [0.2, 0.25) is 5.91 Å². The van der Waals surface area contributed by atoms with Crippen LogP contribution in [0.5, 0.6) is 0 Å². The second-order valence-electron chi connectivity index (χ2n) is 4.40. The SMILES string of the molecule is C=CC(C)(C)C(=O)NC(C)(C)C(=O)N=O. The van der Waals surface area contributed by atoms with Crippen molar-refractivity contribution in [1.82, 2.24) is 5.32 Å². The predicted octanol–water partition coefficient (Wildman–Crippen LogP) is 1.39. The minimum absolute atomic E-state index is 0.375. The maximum absolute atomic E-state index is 11.7. The van der Waals surface area contributed by atoms with E-state index in [0.717, 1.165) is 0 Å². The molecule has 1 N–H and O–H groups in total. The molecule has 0 rings (SSSR count). The standard InChI is InChI=1S/C10H16N2O3/c1-6-9(2,3)7(13)11-10(4,5)8(14)12-15/h6H,1H2,2-5H3,(H,11,13). The second-order valence-corrected chi connectivity index (χ2v) is 4.40.